The number of anilines is 1. The molecule has 41 heavy (non-hydrogen) atoms. The van der Waals surface area contributed by atoms with Gasteiger partial charge in [0.2, 0.25) is 5.91 Å². The minimum Gasteiger partial charge on any atom is -0.352 e. The molecule has 1 saturated heterocycles. The van der Waals surface area contributed by atoms with Gasteiger partial charge in [0.15, 0.2) is 5.82 Å². The van der Waals surface area contributed by atoms with E-state index in [0.717, 1.165) is 11.1 Å². The summed E-state index contributed by atoms with van der Waals surface area (Å²) in [5.41, 5.74) is 2.47. The fraction of sp³-hybridized carbons (Fsp3) is 0.226. The van der Waals surface area contributed by atoms with Crippen LogP contribution in [-0.4, -0.2) is 64.5 Å². The van der Waals surface area contributed by atoms with Crippen molar-refractivity contribution in [3.8, 4) is 11.3 Å². The molecule has 0 N–H and O–H groups in total. The number of hydrogen-bond acceptors (Lipinski definition) is 5. The molecular weight excluding hydrogens is 564 g/mol. The summed E-state index contributed by atoms with van der Waals surface area (Å²) in [6.45, 7) is 3.81. The number of benzene rings is 3. The Morgan fingerprint density at radius 3 is 2.32 bits per heavy atom. The monoisotopic (exact) mass is 591 g/mol. The first-order chi connectivity index (χ1) is 19.8. The summed E-state index contributed by atoms with van der Waals surface area (Å²) in [6, 6.07) is 23.6. The van der Waals surface area contributed by atoms with Crippen molar-refractivity contribution < 1.29 is 14.0 Å². The van der Waals surface area contributed by atoms with Gasteiger partial charge in [-0.1, -0.05) is 59.6 Å². The Kier molecular flexibility index (Phi) is 8.81. The van der Waals surface area contributed by atoms with Crippen LogP contribution in [0.2, 0.25) is 10.0 Å². The topological polar surface area (TPSA) is 69.6 Å². The van der Waals surface area contributed by atoms with E-state index in [4.69, 9.17) is 23.2 Å². The minimum absolute atomic E-state index is 0.123. The van der Waals surface area contributed by atoms with Crippen LogP contribution in [0.25, 0.3) is 11.3 Å². The van der Waals surface area contributed by atoms with E-state index in [-0.39, 0.29) is 24.1 Å². The Morgan fingerprint density at radius 1 is 0.902 bits per heavy atom. The minimum atomic E-state index is -0.502. The van der Waals surface area contributed by atoms with Gasteiger partial charge in [0, 0.05) is 42.3 Å². The number of amides is 2. The highest BCUT2D eigenvalue weighted by molar-refractivity contribution is 6.36. The van der Waals surface area contributed by atoms with Crippen molar-refractivity contribution in [2.45, 2.75) is 13.0 Å². The van der Waals surface area contributed by atoms with E-state index in [2.05, 4.69) is 15.1 Å². The van der Waals surface area contributed by atoms with Gasteiger partial charge in [-0.15, -0.1) is 10.2 Å². The summed E-state index contributed by atoms with van der Waals surface area (Å²) in [6.07, 6.45) is 0. The van der Waals surface area contributed by atoms with Gasteiger partial charge < -0.3 is 14.7 Å². The van der Waals surface area contributed by atoms with Crippen molar-refractivity contribution in [2.24, 2.45) is 0 Å². The molecule has 0 unspecified atom stereocenters. The molecule has 1 aliphatic heterocycles. The average molecular weight is 593 g/mol. The number of rotatable bonds is 7. The van der Waals surface area contributed by atoms with Gasteiger partial charge in [-0.25, -0.2) is 4.39 Å². The Bertz CT molecular complexity index is 1530. The second-order valence-electron chi connectivity index (χ2n) is 9.80. The smallest absolute Gasteiger partial charge is 0.254 e. The van der Waals surface area contributed by atoms with Crippen LogP contribution in [0.1, 0.15) is 28.9 Å². The van der Waals surface area contributed by atoms with Crippen molar-refractivity contribution in [1.82, 2.24) is 20.0 Å². The summed E-state index contributed by atoms with van der Waals surface area (Å²) in [5.74, 6) is -0.371. The number of hydrogen-bond donors (Lipinski definition) is 0. The van der Waals surface area contributed by atoms with Gasteiger partial charge >= 0.3 is 0 Å². The fourth-order valence-electron chi connectivity index (χ4n) is 4.85. The highest BCUT2D eigenvalue weighted by Crippen LogP contribution is 2.29. The molecule has 0 spiro atoms. The summed E-state index contributed by atoms with van der Waals surface area (Å²) in [5, 5.41) is 9.76. The summed E-state index contributed by atoms with van der Waals surface area (Å²) in [7, 11) is 0. The van der Waals surface area contributed by atoms with Crippen LogP contribution in [0.3, 0.4) is 0 Å². The lowest BCUT2D eigenvalue weighted by molar-refractivity contribution is -0.132. The maximum absolute atomic E-state index is 13.9. The highest BCUT2D eigenvalue weighted by Gasteiger charge is 2.29. The first-order valence-electron chi connectivity index (χ1n) is 13.2. The zero-order chi connectivity index (χ0) is 28.9. The van der Waals surface area contributed by atoms with E-state index < -0.39 is 11.7 Å². The van der Waals surface area contributed by atoms with Crippen LogP contribution in [0.5, 0.6) is 0 Å². The van der Waals surface area contributed by atoms with Gasteiger partial charge in [0.25, 0.3) is 5.91 Å². The lowest BCUT2D eigenvalue weighted by Crippen LogP contribution is -2.52. The molecule has 3 aromatic carbocycles. The van der Waals surface area contributed by atoms with Crippen molar-refractivity contribution >= 4 is 40.8 Å². The molecule has 0 radical (unpaired) electrons. The van der Waals surface area contributed by atoms with Crippen LogP contribution in [0.4, 0.5) is 10.2 Å². The van der Waals surface area contributed by atoms with Crippen LogP contribution in [-0.2, 0) is 4.79 Å². The zero-order valence-corrected chi connectivity index (χ0v) is 23.9. The Labute approximate surface area is 248 Å². The van der Waals surface area contributed by atoms with Crippen LogP contribution >= 0.6 is 23.2 Å². The molecule has 1 atom stereocenters. The molecular formula is C31H28Cl2FN5O2. The molecule has 4 aromatic rings. The maximum Gasteiger partial charge on any atom is 0.254 e. The molecule has 7 nitrogen and oxygen atoms in total. The molecule has 2 heterocycles. The molecule has 5 rings (SSSR count). The molecule has 10 heteroatoms. The van der Waals surface area contributed by atoms with Gasteiger partial charge in [-0.3, -0.25) is 9.59 Å². The first-order valence-corrected chi connectivity index (χ1v) is 14.0. The number of nitrogens with zero attached hydrogens (tertiary/aromatic N) is 5. The van der Waals surface area contributed by atoms with E-state index >= 15 is 0 Å². The van der Waals surface area contributed by atoms with Crippen molar-refractivity contribution in [3.05, 3.63) is 112 Å². The first kappa shape index (κ1) is 28.5. The van der Waals surface area contributed by atoms with Crippen LogP contribution in [0, 0.1) is 5.82 Å². The third-order valence-corrected chi connectivity index (χ3v) is 7.75. The summed E-state index contributed by atoms with van der Waals surface area (Å²) in [4.78, 5) is 32.2. The zero-order valence-electron chi connectivity index (χ0n) is 22.4. The molecule has 1 fully saturated rings. The molecule has 0 saturated carbocycles. The number of piperazine rings is 1. The molecule has 0 aliphatic carbocycles. The van der Waals surface area contributed by atoms with Crippen molar-refractivity contribution in [2.75, 3.05) is 37.6 Å². The molecule has 1 aliphatic rings. The van der Waals surface area contributed by atoms with Crippen molar-refractivity contribution in [1.29, 1.82) is 0 Å². The SMILES string of the molecule is C[C@H](c1ccccc1)N(CC(=O)N1CCN(c2ccc(-c3ccc(Cl)cc3Cl)nn2)CC1)C(=O)c1cccc(F)c1. The number of aromatic nitrogens is 2. The molecule has 0 bridgehead atoms. The Morgan fingerprint density at radius 2 is 1.66 bits per heavy atom. The molecule has 2 amide bonds. The van der Waals surface area contributed by atoms with E-state index in [0.29, 0.717) is 47.7 Å². The number of carbonyl (C=O) groups is 2. The van der Waals surface area contributed by atoms with E-state index in [1.807, 2.05) is 49.4 Å². The second-order valence-corrected chi connectivity index (χ2v) is 10.6. The average Bonchev–Trinajstić information content (AvgIpc) is 3.00. The van der Waals surface area contributed by atoms with Gasteiger partial charge in [-0.05, 0) is 61.0 Å². The van der Waals surface area contributed by atoms with E-state index in [1.54, 1.807) is 29.2 Å². The normalized spacial score (nSPS) is 14.0. The van der Waals surface area contributed by atoms with Crippen LogP contribution in [0.15, 0.2) is 84.9 Å². The van der Waals surface area contributed by atoms with Crippen LogP contribution < -0.4 is 4.90 Å². The third-order valence-electron chi connectivity index (χ3n) is 7.20. The standard InChI is InChI=1S/C31H28Cl2FN5O2/c1-21(22-6-3-2-4-7-22)39(31(41)23-8-5-9-25(34)18-23)20-30(40)38-16-14-37(15-17-38)29-13-12-28(35-36-29)26-11-10-24(32)19-27(26)33/h2-13,18-19,21H,14-17,20H2,1H3/t21-/m1/s1. The highest BCUT2D eigenvalue weighted by atomic mass is 35.5. The second kappa shape index (κ2) is 12.7. The predicted molar refractivity (Wildman–Crippen MR) is 159 cm³/mol. The quantitative estimate of drug-likeness (QED) is 0.258. The third kappa shape index (κ3) is 6.66. The lowest BCUT2D eigenvalue weighted by atomic mass is 10.1. The summed E-state index contributed by atoms with van der Waals surface area (Å²) < 4.78 is 13.9. The van der Waals surface area contributed by atoms with E-state index in [1.165, 1.54) is 23.1 Å². The van der Waals surface area contributed by atoms with Gasteiger partial charge in [-0.2, -0.15) is 0 Å². The summed E-state index contributed by atoms with van der Waals surface area (Å²) >= 11 is 12.3. The fourth-order valence-corrected chi connectivity index (χ4v) is 5.35. The molecule has 1 aromatic heterocycles. The van der Waals surface area contributed by atoms with Crippen molar-refractivity contribution in [3.63, 3.8) is 0 Å². The predicted octanol–water partition coefficient (Wildman–Crippen LogP) is 6.14. The van der Waals surface area contributed by atoms with E-state index in [9.17, 15) is 14.0 Å². The number of carbonyl (C=O) groups excluding carboxylic acids is 2. The maximum atomic E-state index is 13.9. The van der Waals surface area contributed by atoms with Gasteiger partial charge in [0.05, 0.1) is 16.8 Å². The lowest BCUT2D eigenvalue weighted by Gasteiger charge is -2.37. The Balaban J connectivity index is 1.25. The molecule has 210 valence electrons. The van der Waals surface area contributed by atoms with Gasteiger partial charge in [0.1, 0.15) is 12.4 Å². The largest absolute Gasteiger partial charge is 0.352 e. The number of halogens is 3. The Hall–Kier alpha value is -4.01.